The van der Waals surface area contributed by atoms with Crippen LogP contribution in [0.25, 0.3) is 5.57 Å². The van der Waals surface area contributed by atoms with Crippen LogP contribution in [0.1, 0.15) is 42.0 Å². The lowest BCUT2D eigenvalue weighted by molar-refractivity contribution is -0.138. The molecule has 31 heavy (non-hydrogen) atoms. The van der Waals surface area contributed by atoms with Gasteiger partial charge in [-0.05, 0) is 55.4 Å². The molecular formula is C26H30N2O3. The lowest BCUT2D eigenvalue weighted by atomic mass is 9.96. The highest BCUT2D eigenvalue weighted by molar-refractivity contribution is 6.35. The maximum Gasteiger partial charge on any atom is 0.278 e. The molecule has 0 saturated carbocycles. The summed E-state index contributed by atoms with van der Waals surface area (Å²) < 4.78 is 5.45. The summed E-state index contributed by atoms with van der Waals surface area (Å²) in [5.74, 6) is 0.731. The van der Waals surface area contributed by atoms with Gasteiger partial charge in [-0.3, -0.25) is 14.5 Å². The molecule has 0 aliphatic carbocycles. The van der Waals surface area contributed by atoms with Crippen LogP contribution >= 0.6 is 0 Å². The fourth-order valence-electron chi connectivity index (χ4n) is 4.55. The number of hydrogen-bond donors (Lipinski definition) is 0. The van der Waals surface area contributed by atoms with E-state index in [9.17, 15) is 9.59 Å². The number of para-hydroxylation sites is 1. The molecule has 2 aliphatic heterocycles. The molecule has 0 N–H and O–H groups in total. The average molecular weight is 419 g/mol. The Morgan fingerprint density at radius 3 is 2.52 bits per heavy atom. The minimum atomic E-state index is -0.229. The number of amides is 2. The lowest BCUT2D eigenvalue weighted by Crippen LogP contribution is -2.39. The minimum Gasteiger partial charge on any atom is -0.496 e. The normalized spacial score (nSPS) is 19.4. The van der Waals surface area contributed by atoms with Crippen LogP contribution in [-0.2, 0) is 16.1 Å². The van der Waals surface area contributed by atoms with E-state index >= 15 is 0 Å². The number of methoxy groups -OCH3 is 1. The highest BCUT2D eigenvalue weighted by Gasteiger charge is 2.42. The topological polar surface area (TPSA) is 49.9 Å². The first-order chi connectivity index (χ1) is 14.9. The lowest BCUT2D eigenvalue weighted by Gasteiger charge is -2.33. The van der Waals surface area contributed by atoms with E-state index in [2.05, 4.69) is 18.7 Å². The van der Waals surface area contributed by atoms with Crippen molar-refractivity contribution in [2.24, 2.45) is 5.92 Å². The molecule has 0 aromatic heterocycles. The van der Waals surface area contributed by atoms with Gasteiger partial charge >= 0.3 is 0 Å². The molecule has 1 saturated heterocycles. The number of aryl methyl sites for hydroxylation is 2. The molecule has 0 bridgehead atoms. The summed E-state index contributed by atoms with van der Waals surface area (Å²) >= 11 is 0. The highest BCUT2D eigenvalue weighted by atomic mass is 16.5. The van der Waals surface area contributed by atoms with Gasteiger partial charge in [0.15, 0.2) is 0 Å². The van der Waals surface area contributed by atoms with E-state index in [0.29, 0.717) is 22.9 Å². The van der Waals surface area contributed by atoms with Crippen molar-refractivity contribution in [1.82, 2.24) is 9.80 Å². The Kier molecular flexibility index (Phi) is 5.86. The van der Waals surface area contributed by atoms with Crippen molar-refractivity contribution in [1.29, 1.82) is 0 Å². The summed E-state index contributed by atoms with van der Waals surface area (Å²) in [6.07, 6.45) is 2.18. The molecule has 2 amide bonds. The second-order valence-corrected chi connectivity index (χ2v) is 8.72. The molecule has 1 unspecified atom stereocenters. The van der Waals surface area contributed by atoms with Crippen molar-refractivity contribution < 1.29 is 14.3 Å². The Morgan fingerprint density at radius 2 is 1.81 bits per heavy atom. The maximum absolute atomic E-state index is 13.6. The molecular weight excluding hydrogens is 388 g/mol. The summed E-state index contributed by atoms with van der Waals surface area (Å²) in [5, 5.41) is 0. The van der Waals surface area contributed by atoms with Crippen molar-refractivity contribution in [2.45, 2.75) is 40.2 Å². The van der Waals surface area contributed by atoms with Gasteiger partial charge < -0.3 is 9.64 Å². The van der Waals surface area contributed by atoms with Crippen LogP contribution in [0, 0.1) is 19.8 Å². The molecule has 0 radical (unpaired) electrons. The van der Waals surface area contributed by atoms with E-state index in [1.165, 1.54) is 10.5 Å². The maximum atomic E-state index is 13.6. The quantitative estimate of drug-likeness (QED) is 0.679. The van der Waals surface area contributed by atoms with E-state index < -0.39 is 0 Å². The van der Waals surface area contributed by atoms with E-state index in [4.69, 9.17) is 4.74 Å². The SMILES string of the molecule is COc1ccccc1CN1C(=O)C(c2ccc(C)c(C)c2)=C(N2CCCC(C)C2)C1=O. The molecule has 1 fully saturated rings. The van der Waals surface area contributed by atoms with Crippen molar-refractivity contribution in [3.8, 4) is 5.75 Å². The first kappa shape index (κ1) is 21.2. The molecule has 2 aliphatic rings. The Balaban J connectivity index is 1.77. The Hall–Kier alpha value is -3.08. The number of ether oxygens (including phenoxy) is 1. The largest absolute Gasteiger partial charge is 0.496 e. The van der Waals surface area contributed by atoms with Gasteiger partial charge in [-0.15, -0.1) is 0 Å². The second-order valence-electron chi connectivity index (χ2n) is 8.72. The zero-order valence-electron chi connectivity index (χ0n) is 18.8. The molecule has 5 nitrogen and oxygen atoms in total. The number of piperidine rings is 1. The number of imide groups is 1. The predicted molar refractivity (Wildman–Crippen MR) is 121 cm³/mol. The zero-order valence-corrected chi connectivity index (χ0v) is 18.8. The van der Waals surface area contributed by atoms with Gasteiger partial charge in [-0.1, -0.05) is 43.3 Å². The van der Waals surface area contributed by atoms with Crippen molar-refractivity contribution in [3.63, 3.8) is 0 Å². The van der Waals surface area contributed by atoms with Crippen LogP contribution in [0.3, 0.4) is 0 Å². The number of carbonyl (C=O) groups excluding carboxylic acids is 2. The predicted octanol–water partition coefficient (Wildman–Crippen LogP) is 4.32. The Labute approximate surface area is 184 Å². The van der Waals surface area contributed by atoms with E-state index in [1.807, 2.05) is 49.4 Å². The number of carbonyl (C=O) groups is 2. The number of benzene rings is 2. The molecule has 162 valence electrons. The average Bonchev–Trinajstić information content (AvgIpc) is 3.01. The summed E-state index contributed by atoms with van der Waals surface area (Å²) in [6, 6.07) is 13.5. The summed E-state index contributed by atoms with van der Waals surface area (Å²) in [7, 11) is 1.60. The fourth-order valence-corrected chi connectivity index (χ4v) is 4.55. The van der Waals surface area contributed by atoms with Gasteiger partial charge in [-0.2, -0.15) is 0 Å². The third kappa shape index (κ3) is 3.97. The number of rotatable bonds is 5. The smallest absolute Gasteiger partial charge is 0.278 e. The summed E-state index contributed by atoms with van der Waals surface area (Å²) in [4.78, 5) is 30.8. The zero-order chi connectivity index (χ0) is 22.1. The number of likely N-dealkylation sites (tertiary alicyclic amines) is 1. The molecule has 1 atom stereocenters. The van der Waals surface area contributed by atoms with Crippen LogP contribution in [0.5, 0.6) is 5.75 Å². The van der Waals surface area contributed by atoms with Crippen LogP contribution < -0.4 is 4.74 Å². The van der Waals surface area contributed by atoms with E-state index in [-0.39, 0.29) is 18.4 Å². The van der Waals surface area contributed by atoms with E-state index in [0.717, 1.165) is 42.6 Å². The standard InChI is InChI=1S/C26H30N2O3/c1-17-8-7-13-27(15-17)24-23(20-12-11-18(2)19(3)14-20)25(29)28(26(24)30)16-21-9-5-6-10-22(21)31-4/h5-6,9-12,14,17H,7-8,13,15-16H2,1-4H3. The van der Waals surface area contributed by atoms with Gasteiger partial charge in [0.05, 0.1) is 19.2 Å². The van der Waals surface area contributed by atoms with Crippen molar-refractivity contribution in [2.75, 3.05) is 20.2 Å². The number of hydrogen-bond acceptors (Lipinski definition) is 4. The van der Waals surface area contributed by atoms with Crippen LogP contribution in [0.4, 0.5) is 0 Å². The molecule has 2 heterocycles. The number of nitrogens with zero attached hydrogens (tertiary/aromatic N) is 2. The first-order valence-electron chi connectivity index (χ1n) is 11.0. The molecule has 5 heteroatoms. The van der Waals surface area contributed by atoms with E-state index in [1.54, 1.807) is 7.11 Å². The summed E-state index contributed by atoms with van der Waals surface area (Å²) in [5.41, 5.74) is 4.99. The Bertz CT molecular complexity index is 1060. The molecule has 4 rings (SSSR count). The van der Waals surface area contributed by atoms with Gasteiger partial charge in [-0.25, -0.2) is 0 Å². The third-order valence-corrected chi connectivity index (χ3v) is 6.43. The minimum absolute atomic E-state index is 0.197. The van der Waals surface area contributed by atoms with Gasteiger partial charge in [0.25, 0.3) is 11.8 Å². The fraction of sp³-hybridized carbons (Fsp3) is 0.385. The summed E-state index contributed by atoms with van der Waals surface area (Å²) in [6.45, 7) is 8.09. The first-order valence-corrected chi connectivity index (χ1v) is 11.0. The van der Waals surface area contributed by atoms with Crippen LogP contribution in [-0.4, -0.2) is 41.8 Å². The van der Waals surface area contributed by atoms with Gasteiger partial charge in [0.1, 0.15) is 11.4 Å². The monoisotopic (exact) mass is 418 g/mol. The van der Waals surface area contributed by atoms with Crippen LogP contribution in [0.2, 0.25) is 0 Å². The molecule has 2 aromatic rings. The molecule has 0 spiro atoms. The highest BCUT2D eigenvalue weighted by Crippen LogP contribution is 2.36. The van der Waals surface area contributed by atoms with Crippen molar-refractivity contribution >= 4 is 17.4 Å². The third-order valence-electron chi connectivity index (χ3n) is 6.43. The van der Waals surface area contributed by atoms with Gasteiger partial charge in [0, 0.05) is 18.7 Å². The second kappa shape index (κ2) is 8.58. The van der Waals surface area contributed by atoms with Gasteiger partial charge in [0.2, 0.25) is 0 Å². The Morgan fingerprint density at radius 1 is 1.03 bits per heavy atom. The van der Waals surface area contributed by atoms with Crippen molar-refractivity contribution in [3.05, 3.63) is 70.4 Å². The molecule has 2 aromatic carbocycles. The van der Waals surface area contributed by atoms with Crippen LogP contribution in [0.15, 0.2) is 48.2 Å².